The van der Waals surface area contributed by atoms with Gasteiger partial charge in [0.25, 0.3) is 0 Å². The zero-order valence-electron chi connectivity index (χ0n) is 17.9. The van der Waals surface area contributed by atoms with E-state index in [4.69, 9.17) is 4.74 Å². The lowest BCUT2D eigenvalue weighted by Crippen LogP contribution is -2.10. The first-order valence-electron chi connectivity index (χ1n) is 9.48. The van der Waals surface area contributed by atoms with Gasteiger partial charge in [-0.25, -0.2) is 0 Å². The van der Waals surface area contributed by atoms with E-state index in [0.29, 0.717) is 23.3 Å². The van der Waals surface area contributed by atoms with Gasteiger partial charge < -0.3 is 10.1 Å². The molecule has 0 unspecified atom stereocenters. The number of nitrogens with one attached hydrogen (secondary N) is 1. The lowest BCUT2D eigenvalue weighted by Gasteiger charge is -2.15. The molecule has 1 N–H and O–H groups in total. The van der Waals surface area contributed by atoms with E-state index in [9.17, 15) is 18.0 Å². The van der Waals surface area contributed by atoms with Crippen molar-refractivity contribution >= 4 is 12.1 Å². The molecule has 6 heteroatoms. The van der Waals surface area contributed by atoms with E-state index in [-0.39, 0.29) is 12.2 Å². The van der Waals surface area contributed by atoms with Gasteiger partial charge >= 0.3 is 6.18 Å². The Bertz CT molecular complexity index is 785. The molecule has 29 heavy (non-hydrogen) atoms. The summed E-state index contributed by atoms with van der Waals surface area (Å²) in [6.07, 6.45) is -2.56. The predicted molar refractivity (Wildman–Crippen MR) is 111 cm³/mol. The van der Waals surface area contributed by atoms with E-state index in [1.165, 1.54) is 18.6 Å². The van der Waals surface area contributed by atoms with Gasteiger partial charge in [-0.2, -0.15) is 13.2 Å². The van der Waals surface area contributed by atoms with Gasteiger partial charge in [0, 0.05) is 11.3 Å². The van der Waals surface area contributed by atoms with Crippen LogP contribution in [0.2, 0.25) is 0 Å². The second-order valence-corrected chi connectivity index (χ2v) is 8.05. The first kappa shape index (κ1) is 24.5. The van der Waals surface area contributed by atoms with Crippen LogP contribution in [0.4, 0.5) is 18.9 Å². The number of amides is 1. The lowest BCUT2D eigenvalue weighted by molar-refractivity contribution is -0.138. The number of carbonyl (C=O) groups excluding carboxylic acids is 1. The number of hydrogen-bond acceptors (Lipinski definition) is 2. The van der Waals surface area contributed by atoms with Crippen molar-refractivity contribution < 1.29 is 22.7 Å². The number of ether oxygens (including phenoxy) is 1. The molecule has 0 heterocycles. The maximum absolute atomic E-state index is 12.9. The summed E-state index contributed by atoms with van der Waals surface area (Å²) in [5, 5.41) is 2.59. The molecule has 0 fully saturated rings. The maximum Gasteiger partial charge on any atom is 0.416 e. The summed E-state index contributed by atoms with van der Waals surface area (Å²) in [6, 6.07) is 8.67. The Kier molecular flexibility index (Phi) is 8.74. The second kappa shape index (κ2) is 10.3. The number of halogens is 3. The Labute approximate surface area is 171 Å². The number of aryl methyl sites for hydroxylation is 2. The first-order chi connectivity index (χ1) is 13.4. The van der Waals surface area contributed by atoms with Gasteiger partial charge in [-0.15, -0.1) is 0 Å². The van der Waals surface area contributed by atoms with Crippen molar-refractivity contribution in [2.24, 2.45) is 5.41 Å². The molecule has 0 saturated heterocycles. The molecule has 1 amide bonds. The number of alkyl halides is 3. The second-order valence-electron chi connectivity index (χ2n) is 8.05. The third kappa shape index (κ3) is 8.18. The van der Waals surface area contributed by atoms with E-state index in [1.807, 2.05) is 0 Å². The predicted octanol–water partition coefficient (Wildman–Crippen LogP) is 6.91. The molecule has 0 aliphatic heterocycles. The van der Waals surface area contributed by atoms with Gasteiger partial charge in [0.15, 0.2) is 0 Å². The molecule has 0 aliphatic rings. The van der Waals surface area contributed by atoms with Crippen LogP contribution in [0.25, 0.3) is 0 Å². The van der Waals surface area contributed by atoms with Crippen LogP contribution in [0.15, 0.2) is 36.4 Å². The number of anilines is 1. The van der Waals surface area contributed by atoms with Crippen LogP contribution in [-0.4, -0.2) is 6.41 Å². The van der Waals surface area contributed by atoms with Crippen LogP contribution in [0, 0.1) is 19.3 Å². The van der Waals surface area contributed by atoms with Crippen LogP contribution in [0.3, 0.4) is 0 Å². The number of hydrogen-bond donors (Lipinski definition) is 1. The van der Waals surface area contributed by atoms with Crippen molar-refractivity contribution in [1.29, 1.82) is 0 Å². The third-order valence-corrected chi connectivity index (χ3v) is 4.49. The molecular formula is C23H30F3NO2. The highest BCUT2D eigenvalue weighted by Crippen LogP contribution is 2.33. The highest BCUT2D eigenvalue weighted by Gasteiger charge is 2.32. The van der Waals surface area contributed by atoms with E-state index in [1.54, 1.807) is 32.0 Å². The fourth-order valence-corrected chi connectivity index (χ4v) is 2.38. The number of rotatable bonds is 5. The van der Waals surface area contributed by atoms with Crippen molar-refractivity contribution in [2.45, 2.75) is 60.7 Å². The smallest absolute Gasteiger partial charge is 0.416 e. The molecule has 0 radical (unpaired) electrons. The Balaban J connectivity index is 0.000000612. The summed E-state index contributed by atoms with van der Waals surface area (Å²) in [6.45, 7) is 12.3. The summed E-state index contributed by atoms with van der Waals surface area (Å²) >= 11 is 0. The molecule has 0 bridgehead atoms. The first-order valence-corrected chi connectivity index (χ1v) is 9.48. The summed E-state index contributed by atoms with van der Waals surface area (Å²) in [5.41, 5.74) is 2.13. The van der Waals surface area contributed by atoms with Gasteiger partial charge in [0.05, 0.1) is 5.56 Å². The summed E-state index contributed by atoms with van der Waals surface area (Å²) in [4.78, 5) is 10.6. The number of carbonyl (C=O) groups is 1. The van der Waals surface area contributed by atoms with Crippen LogP contribution < -0.4 is 10.1 Å². The Morgan fingerprint density at radius 3 is 2.00 bits per heavy atom. The van der Waals surface area contributed by atoms with Crippen molar-refractivity contribution in [2.75, 3.05) is 5.32 Å². The Morgan fingerprint density at radius 2 is 1.55 bits per heavy atom. The van der Waals surface area contributed by atoms with Gasteiger partial charge in [-0.1, -0.05) is 52.3 Å². The highest BCUT2D eigenvalue weighted by molar-refractivity contribution is 5.76. The minimum Gasteiger partial charge on any atom is -0.489 e. The zero-order chi connectivity index (χ0) is 22.2. The summed E-state index contributed by atoms with van der Waals surface area (Å²) in [7, 11) is 0. The molecule has 160 valence electrons. The molecule has 3 nitrogen and oxygen atoms in total. The number of benzene rings is 2. The molecular weight excluding hydrogens is 379 g/mol. The van der Waals surface area contributed by atoms with Crippen molar-refractivity contribution in [3.05, 3.63) is 58.7 Å². The zero-order valence-corrected chi connectivity index (χ0v) is 17.9. The largest absolute Gasteiger partial charge is 0.489 e. The topological polar surface area (TPSA) is 38.3 Å². The average Bonchev–Trinajstić information content (AvgIpc) is 2.62. The minimum atomic E-state index is -4.41. The maximum atomic E-state index is 12.9. The summed E-state index contributed by atoms with van der Waals surface area (Å²) < 4.78 is 44.3. The van der Waals surface area contributed by atoms with E-state index in [0.717, 1.165) is 17.2 Å². The standard InChI is InChI=1S/C17H16F3NO2.C6H14/c1-11-7-14(8-12(2)16(11)21-10-22)23-9-13-5-3-4-6-15(13)17(18,19)20;1-5-6(2,3)4/h3-8,10H,9H2,1-2H3,(H,21,22);5H2,1-4H3. The Morgan fingerprint density at radius 1 is 1.03 bits per heavy atom. The van der Waals surface area contributed by atoms with Crippen LogP contribution >= 0.6 is 0 Å². The van der Waals surface area contributed by atoms with E-state index >= 15 is 0 Å². The SMILES string of the molecule is CCC(C)(C)C.Cc1cc(OCc2ccccc2C(F)(F)F)cc(C)c1NC=O. The normalized spacial score (nSPS) is 11.3. The molecule has 0 saturated carbocycles. The van der Waals surface area contributed by atoms with Crippen molar-refractivity contribution in [1.82, 2.24) is 0 Å². The molecule has 2 aromatic rings. The summed E-state index contributed by atoms with van der Waals surface area (Å²) in [5.74, 6) is 0.452. The van der Waals surface area contributed by atoms with Gasteiger partial charge in [0.2, 0.25) is 6.41 Å². The fourth-order valence-electron chi connectivity index (χ4n) is 2.38. The van der Waals surface area contributed by atoms with E-state index < -0.39 is 11.7 Å². The molecule has 2 rings (SSSR count). The van der Waals surface area contributed by atoms with Gasteiger partial charge in [-0.05, 0) is 48.6 Å². The molecule has 0 aromatic heterocycles. The van der Waals surface area contributed by atoms with Gasteiger partial charge in [0.1, 0.15) is 12.4 Å². The molecule has 2 aromatic carbocycles. The average molecular weight is 409 g/mol. The monoisotopic (exact) mass is 409 g/mol. The van der Waals surface area contributed by atoms with Crippen LogP contribution in [-0.2, 0) is 17.6 Å². The Hall–Kier alpha value is -2.50. The molecule has 0 spiro atoms. The van der Waals surface area contributed by atoms with Gasteiger partial charge in [-0.3, -0.25) is 4.79 Å². The quantitative estimate of drug-likeness (QED) is 0.545. The molecule has 0 atom stereocenters. The van der Waals surface area contributed by atoms with Crippen LogP contribution in [0.1, 0.15) is 56.4 Å². The molecule has 0 aliphatic carbocycles. The van der Waals surface area contributed by atoms with Crippen molar-refractivity contribution in [3.8, 4) is 5.75 Å². The fraction of sp³-hybridized carbons (Fsp3) is 0.435. The van der Waals surface area contributed by atoms with E-state index in [2.05, 4.69) is 33.0 Å². The highest BCUT2D eigenvalue weighted by atomic mass is 19.4. The lowest BCUT2D eigenvalue weighted by atomic mass is 9.94. The minimum absolute atomic E-state index is 0.0744. The third-order valence-electron chi connectivity index (χ3n) is 4.49. The van der Waals surface area contributed by atoms with Crippen molar-refractivity contribution in [3.63, 3.8) is 0 Å². The van der Waals surface area contributed by atoms with Crippen LogP contribution in [0.5, 0.6) is 5.75 Å².